The number of carbonyl (C=O) groups is 1. The third-order valence-corrected chi connectivity index (χ3v) is 4.41. The molecule has 1 aromatic carbocycles. The van der Waals surface area contributed by atoms with E-state index in [1.165, 1.54) is 9.26 Å². The van der Waals surface area contributed by atoms with Gasteiger partial charge in [0.05, 0.1) is 11.7 Å². The summed E-state index contributed by atoms with van der Waals surface area (Å²) in [7, 11) is 0. The van der Waals surface area contributed by atoms with E-state index in [2.05, 4.69) is 38.9 Å². The first-order valence-corrected chi connectivity index (χ1v) is 7.07. The molecule has 0 aliphatic carbocycles. The molecule has 2 fully saturated rings. The number of nitrogens with two attached hydrogens (primary N) is 1. The molecule has 0 saturated carbocycles. The van der Waals surface area contributed by atoms with Crippen LogP contribution in [-0.2, 0) is 0 Å². The Morgan fingerprint density at radius 2 is 2.22 bits per heavy atom. The van der Waals surface area contributed by atoms with Crippen molar-refractivity contribution in [1.29, 1.82) is 0 Å². The number of hydrogen-bond acceptors (Lipinski definition) is 3. The zero-order chi connectivity index (χ0) is 12.7. The normalized spacial score (nSPS) is 22.9. The Hall–Kier alpha value is -1.18. The molecule has 2 saturated heterocycles. The minimum Gasteiger partial charge on any atom is -0.399 e. The Morgan fingerprint density at radius 3 is 3.00 bits per heavy atom. The molecule has 96 valence electrons. The highest BCUT2D eigenvalue weighted by Crippen LogP contribution is 2.27. The van der Waals surface area contributed by atoms with Gasteiger partial charge in [0.2, 0.25) is 0 Å². The van der Waals surface area contributed by atoms with E-state index in [9.17, 15) is 4.79 Å². The largest absolute Gasteiger partial charge is 0.399 e. The zero-order valence-electron chi connectivity index (χ0n) is 9.90. The molecule has 3 rings (SSSR count). The summed E-state index contributed by atoms with van der Waals surface area (Å²) >= 11 is 2.31. The van der Waals surface area contributed by atoms with Crippen LogP contribution in [0.25, 0.3) is 0 Å². The number of amides is 2. The summed E-state index contributed by atoms with van der Waals surface area (Å²) in [5.74, 6) is 0. The van der Waals surface area contributed by atoms with E-state index >= 15 is 0 Å². The minimum absolute atomic E-state index is 0.0756. The number of nitrogen functional groups attached to an aromatic ring is 1. The van der Waals surface area contributed by atoms with Gasteiger partial charge in [0.15, 0.2) is 0 Å². The Balaban J connectivity index is 1.80. The van der Waals surface area contributed by atoms with Gasteiger partial charge >= 0.3 is 6.03 Å². The summed E-state index contributed by atoms with van der Waals surface area (Å²) in [6, 6.07) is 6.35. The zero-order valence-corrected chi connectivity index (χ0v) is 12.1. The molecule has 0 bridgehead atoms. The van der Waals surface area contributed by atoms with Gasteiger partial charge in [-0.2, -0.15) is 0 Å². The number of urea groups is 1. The standard InChI is InChI=1S/C12H15IN4O/c13-10-5-8(14)1-2-11(10)16-3-4-17-9(7-16)6-15-12(17)18/h1-2,5,9H,3-4,6-7,14H2,(H,15,18). The molecular formula is C12H15IN4O. The maximum Gasteiger partial charge on any atom is 0.317 e. The van der Waals surface area contributed by atoms with Crippen LogP contribution in [0.5, 0.6) is 0 Å². The molecule has 1 unspecified atom stereocenters. The third-order valence-electron chi connectivity index (χ3n) is 3.54. The van der Waals surface area contributed by atoms with Crippen molar-refractivity contribution in [2.45, 2.75) is 6.04 Å². The van der Waals surface area contributed by atoms with Crippen LogP contribution in [0, 0.1) is 3.57 Å². The van der Waals surface area contributed by atoms with E-state index in [0.29, 0.717) is 6.04 Å². The van der Waals surface area contributed by atoms with E-state index in [1.54, 1.807) is 0 Å². The van der Waals surface area contributed by atoms with Crippen molar-refractivity contribution >= 4 is 40.0 Å². The number of piperazine rings is 1. The highest BCUT2D eigenvalue weighted by molar-refractivity contribution is 14.1. The van der Waals surface area contributed by atoms with Crippen LogP contribution in [0.1, 0.15) is 0 Å². The minimum atomic E-state index is 0.0756. The van der Waals surface area contributed by atoms with Gasteiger partial charge in [-0.3, -0.25) is 0 Å². The summed E-state index contributed by atoms with van der Waals surface area (Å²) < 4.78 is 1.17. The van der Waals surface area contributed by atoms with E-state index in [4.69, 9.17) is 5.73 Å². The number of nitrogens with one attached hydrogen (secondary N) is 1. The smallest absolute Gasteiger partial charge is 0.317 e. The fourth-order valence-electron chi connectivity index (χ4n) is 2.60. The van der Waals surface area contributed by atoms with Crippen molar-refractivity contribution in [3.63, 3.8) is 0 Å². The number of carbonyl (C=O) groups excluding carboxylic acids is 1. The molecule has 18 heavy (non-hydrogen) atoms. The van der Waals surface area contributed by atoms with Crippen molar-refractivity contribution in [2.75, 3.05) is 36.8 Å². The van der Waals surface area contributed by atoms with Crippen molar-refractivity contribution in [3.8, 4) is 0 Å². The lowest BCUT2D eigenvalue weighted by atomic mass is 10.1. The van der Waals surface area contributed by atoms with Crippen LogP contribution in [0.3, 0.4) is 0 Å². The summed E-state index contributed by atoms with van der Waals surface area (Å²) in [5.41, 5.74) is 7.78. The quantitative estimate of drug-likeness (QED) is 0.584. The molecule has 0 radical (unpaired) electrons. The SMILES string of the molecule is Nc1ccc(N2CCN3C(=O)NCC3C2)c(I)c1. The number of nitrogens with zero attached hydrogens (tertiary/aromatic N) is 2. The van der Waals surface area contributed by atoms with Gasteiger partial charge in [-0.15, -0.1) is 0 Å². The number of benzene rings is 1. The molecule has 1 aromatic rings. The molecule has 6 heteroatoms. The molecule has 0 aromatic heterocycles. The monoisotopic (exact) mass is 358 g/mol. The highest BCUT2D eigenvalue weighted by Gasteiger charge is 2.35. The van der Waals surface area contributed by atoms with Crippen molar-refractivity contribution in [3.05, 3.63) is 21.8 Å². The van der Waals surface area contributed by atoms with Crippen molar-refractivity contribution < 1.29 is 4.79 Å². The fourth-order valence-corrected chi connectivity index (χ4v) is 3.48. The molecule has 2 amide bonds. The first kappa shape index (κ1) is 11.9. The Kier molecular flexibility index (Phi) is 2.96. The molecule has 2 heterocycles. The lowest BCUT2D eigenvalue weighted by molar-refractivity contribution is 0.197. The van der Waals surface area contributed by atoms with Gasteiger partial charge in [-0.1, -0.05) is 0 Å². The van der Waals surface area contributed by atoms with Gasteiger partial charge < -0.3 is 20.9 Å². The maximum absolute atomic E-state index is 11.5. The second kappa shape index (κ2) is 4.49. The van der Waals surface area contributed by atoms with Crippen molar-refractivity contribution in [2.24, 2.45) is 0 Å². The number of anilines is 2. The Labute approximate surface area is 119 Å². The third kappa shape index (κ3) is 1.98. The van der Waals surface area contributed by atoms with Gasteiger partial charge in [-0.05, 0) is 40.8 Å². The van der Waals surface area contributed by atoms with Gasteiger partial charge in [0.1, 0.15) is 0 Å². The molecule has 5 nitrogen and oxygen atoms in total. The van der Waals surface area contributed by atoms with Crippen LogP contribution in [0.15, 0.2) is 18.2 Å². The number of fused-ring (bicyclic) bond motifs is 1. The molecule has 0 spiro atoms. The summed E-state index contributed by atoms with van der Waals surface area (Å²) in [4.78, 5) is 15.8. The van der Waals surface area contributed by atoms with Gasteiger partial charge in [-0.25, -0.2) is 4.79 Å². The summed E-state index contributed by atoms with van der Waals surface area (Å²) in [6.45, 7) is 3.31. The molecular weight excluding hydrogens is 343 g/mol. The first-order valence-electron chi connectivity index (χ1n) is 5.99. The predicted molar refractivity (Wildman–Crippen MR) is 79.7 cm³/mol. The van der Waals surface area contributed by atoms with E-state index < -0.39 is 0 Å². The lowest BCUT2D eigenvalue weighted by Gasteiger charge is -2.38. The van der Waals surface area contributed by atoms with Crippen LogP contribution < -0.4 is 16.0 Å². The highest BCUT2D eigenvalue weighted by atomic mass is 127. The average molecular weight is 358 g/mol. The fraction of sp³-hybridized carbons (Fsp3) is 0.417. The van der Waals surface area contributed by atoms with Gasteiger partial charge in [0, 0.05) is 35.4 Å². The Bertz CT molecular complexity index is 493. The number of rotatable bonds is 1. The average Bonchev–Trinajstić information content (AvgIpc) is 2.71. The molecule has 3 N–H and O–H groups in total. The Morgan fingerprint density at radius 1 is 1.39 bits per heavy atom. The lowest BCUT2D eigenvalue weighted by Crippen LogP contribution is -2.52. The molecule has 2 aliphatic rings. The van der Waals surface area contributed by atoms with Crippen molar-refractivity contribution in [1.82, 2.24) is 10.2 Å². The van der Waals surface area contributed by atoms with Crippen LogP contribution >= 0.6 is 22.6 Å². The molecule has 2 aliphatic heterocycles. The van der Waals surface area contributed by atoms with E-state index in [-0.39, 0.29) is 6.03 Å². The second-order valence-electron chi connectivity index (χ2n) is 4.69. The summed E-state index contributed by atoms with van der Waals surface area (Å²) in [5, 5.41) is 2.90. The van der Waals surface area contributed by atoms with Crippen LogP contribution in [-0.4, -0.2) is 43.2 Å². The van der Waals surface area contributed by atoms with Crippen LogP contribution in [0.2, 0.25) is 0 Å². The summed E-state index contributed by atoms with van der Waals surface area (Å²) in [6.07, 6.45) is 0. The van der Waals surface area contributed by atoms with E-state index in [1.807, 2.05) is 17.0 Å². The maximum atomic E-state index is 11.5. The second-order valence-corrected chi connectivity index (χ2v) is 5.85. The predicted octanol–water partition coefficient (Wildman–Crippen LogP) is 1.09. The molecule has 1 atom stereocenters. The first-order chi connectivity index (χ1) is 8.65. The van der Waals surface area contributed by atoms with E-state index in [0.717, 1.165) is 31.9 Å². The topological polar surface area (TPSA) is 61.6 Å². The number of halogens is 1. The van der Waals surface area contributed by atoms with Gasteiger partial charge in [0.25, 0.3) is 0 Å². The van der Waals surface area contributed by atoms with Crippen LogP contribution in [0.4, 0.5) is 16.2 Å². The number of hydrogen-bond donors (Lipinski definition) is 2.